The monoisotopic (exact) mass is 354 g/mol. The van der Waals surface area contributed by atoms with E-state index in [0.717, 1.165) is 32.1 Å². The molecule has 1 saturated carbocycles. The molecule has 0 aromatic heterocycles. The van der Waals surface area contributed by atoms with Gasteiger partial charge in [0.2, 0.25) is 0 Å². The quantitative estimate of drug-likeness (QED) is 0.348. The Bertz CT molecular complexity index is 432. The third-order valence-electron chi connectivity index (χ3n) is 5.08. The topological polar surface area (TPSA) is 94.8 Å². The summed E-state index contributed by atoms with van der Waals surface area (Å²) in [4.78, 5) is 22.7. The van der Waals surface area contributed by atoms with Gasteiger partial charge in [0.05, 0.1) is 6.10 Å². The van der Waals surface area contributed by atoms with E-state index < -0.39 is 18.2 Å². The highest BCUT2D eigenvalue weighted by Gasteiger charge is 2.46. The van der Waals surface area contributed by atoms with Gasteiger partial charge in [-0.3, -0.25) is 9.59 Å². The molecule has 0 unspecified atom stereocenters. The van der Waals surface area contributed by atoms with Crippen LogP contribution in [0.25, 0.3) is 0 Å². The Morgan fingerprint density at radius 2 is 1.72 bits per heavy atom. The van der Waals surface area contributed by atoms with E-state index in [1.807, 2.05) is 12.2 Å². The van der Waals surface area contributed by atoms with Crippen LogP contribution in [-0.4, -0.2) is 39.3 Å². The molecule has 0 radical (unpaired) electrons. The fourth-order valence-corrected chi connectivity index (χ4v) is 3.54. The first-order valence-corrected chi connectivity index (χ1v) is 9.77. The summed E-state index contributed by atoms with van der Waals surface area (Å²) in [5.74, 6) is -1.65. The zero-order chi connectivity index (χ0) is 18.7. The van der Waals surface area contributed by atoms with Crippen LogP contribution in [0.4, 0.5) is 0 Å². The molecular formula is C20H34O5. The van der Waals surface area contributed by atoms with Crippen molar-refractivity contribution in [2.75, 3.05) is 0 Å². The van der Waals surface area contributed by atoms with Crippen LogP contribution < -0.4 is 0 Å². The average molecular weight is 354 g/mol. The second kappa shape index (κ2) is 12.2. The van der Waals surface area contributed by atoms with Gasteiger partial charge in [0, 0.05) is 18.3 Å². The number of carbonyl (C=O) groups is 2. The minimum atomic E-state index is -1.27. The molecule has 0 bridgehead atoms. The summed E-state index contributed by atoms with van der Waals surface area (Å²) < 4.78 is 0. The lowest BCUT2D eigenvalue weighted by Gasteiger charge is -2.17. The molecule has 0 aromatic rings. The number of ketones is 1. The maximum atomic E-state index is 12.2. The van der Waals surface area contributed by atoms with Gasteiger partial charge in [-0.1, -0.05) is 57.6 Å². The molecule has 3 N–H and O–H groups in total. The Balaban J connectivity index is 2.40. The van der Waals surface area contributed by atoms with Gasteiger partial charge >= 0.3 is 5.97 Å². The Labute approximate surface area is 151 Å². The van der Waals surface area contributed by atoms with E-state index in [1.54, 1.807) is 0 Å². The molecule has 1 aliphatic rings. The molecule has 0 amide bonds. The highest BCUT2D eigenvalue weighted by Crippen LogP contribution is 2.34. The minimum absolute atomic E-state index is 0.184. The summed E-state index contributed by atoms with van der Waals surface area (Å²) in [6.45, 7) is 2.17. The van der Waals surface area contributed by atoms with Crippen molar-refractivity contribution in [2.45, 2.75) is 89.8 Å². The molecule has 0 aliphatic heterocycles. The average Bonchev–Trinajstić information content (AvgIpc) is 2.78. The van der Waals surface area contributed by atoms with Gasteiger partial charge in [-0.25, -0.2) is 0 Å². The van der Waals surface area contributed by atoms with Crippen molar-refractivity contribution >= 4 is 11.8 Å². The third kappa shape index (κ3) is 7.70. The maximum absolute atomic E-state index is 12.2. The molecule has 5 heteroatoms. The number of aliphatic hydroxyl groups excluding tert-OH is 2. The van der Waals surface area contributed by atoms with Crippen molar-refractivity contribution in [3.63, 3.8) is 0 Å². The molecule has 0 saturated heterocycles. The van der Waals surface area contributed by atoms with Crippen LogP contribution in [0.15, 0.2) is 12.2 Å². The van der Waals surface area contributed by atoms with E-state index in [9.17, 15) is 19.8 Å². The Kier molecular flexibility index (Phi) is 10.7. The van der Waals surface area contributed by atoms with Crippen LogP contribution in [0.1, 0.15) is 77.6 Å². The lowest BCUT2D eigenvalue weighted by molar-refractivity contribution is -0.137. The van der Waals surface area contributed by atoms with Crippen molar-refractivity contribution < 1.29 is 24.9 Å². The molecule has 1 fully saturated rings. The fraction of sp³-hybridized carbons (Fsp3) is 0.800. The smallest absolute Gasteiger partial charge is 0.303 e. The van der Waals surface area contributed by atoms with Crippen LogP contribution in [-0.2, 0) is 9.59 Å². The van der Waals surface area contributed by atoms with Gasteiger partial charge in [-0.05, 0) is 25.7 Å². The summed E-state index contributed by atoms with van der Waals surface area (Å²) in [6.07, 6.45) is 11.3. The van der Waals surface area contributed by atoms with Crippen molar-refractivity contribution in [3.8, 4) is 0 Å². The second-order valence-corrected chi connectivity index (χ2v) is 7.15. The number of rotatable bonds is 13. The van der Waals surface area contributed by atoms with Crippen molar-refractivity contribution in [1.82, 2.24) is 0 Å². The van der Waals surface area contributed by atoms with Gasteiger partial charge in [0.15, 0.2) is 5.78 Å². The van der Waals surface area contributed by atoms with E-state index in [0.29, 0.717) is 12.8 Å². The first kappa shape index (κ1) is 21.8. The van der Waals surface area contributed by atoms with Gasteiger partial charge in [-0.15, -0.1) is 0 Å². The molecule has 0 aromatic carbocycles. The van der Waals surface area contributed by atoms with Gasteiger partial charge < -0.3 is 15.3 Å². The molecule has 1 rings (SSSR count). The zero-order valence-corrected chi connectivity index (χ0v) is 15.4. The predicted octanol–water partition coefficient (Wildman–Crippen LogP) is 3.48. The SMILES string of the molecule is CCCCCCC=C[C@H]1[C@H](O)[C@H](O)C(=O)[C@@H]1CCCCCCC(=O)O. The van der Waals surface area contributed by atoms with Crippen LogP contribution in [0.5, 0.6) is 0 Å². The highest BCUT2D eigenvalue weighted by molar-refractivity contribution is 5.89. The van der Waals surface area contributed by atoms with E-state index in [4.69, 9.17) is 5.11 Å². The number of allylic oxidation sites excluding steroid dienone is 1. The van der Waals surface area contributed by atoms with Crippen molar-refractivity contribution in [3.05, 3.63) is 12.2 Å². The normalized spacial score (nSPS) is 26.6. The zero-order valence-electron chi connectivity index (χ0n) is 15.4. The summed E-state index contributed by atoms with van der Waals surface area (Å²) in [5, 5.41) is 28.6. The van der Waals surface area contributed by atoms with Crippen LogP contribution in [0.3, 0.4) is 0 Å². The molecular weight excluding hydrogens is 320 g/mol. The van der Waals surface area contributed by atoms with E-state index in [-0.39, 0.29) is 24.0 Å². The predicted molar refractivity (Wildman–Crippen MR) is 97.2 cm³/mol. The second-order valence-electron chi connectivity index (χ2n) is 7.15. The Hall–Kier alpha value is -1.20. The molecule has 5 nitrogen and oxygen atoms in total. The Morgan fingerprint density at radius 3 is 2.40 bits per heavy atom. The van der Waals surface area contributed by atoms with Gasteiger partial charge in [-0.2, -0.15) is 0 Å². The summed E-state index contributed by atoms with van der Waals surface area (Å²) in [5.41, 5.74) is 0. The molecule has 1 aliphatic carbocycles. The molecule has 0 heterocycles. The van der Waals surface area contributed by atoms with Gasteiger partial charge in [0.25, 0.3) is 0 Å². The number of hydrogen-bond donors (Lipinski definition) is 3. The number of hydrogen-bond acceptors (Lipinski definition) is 4. The number of Topliss-reactive ketones (excluding diaryl/α,β-unsaturated/α-hetero) is 1. The van der Waals surface area contributed by atoms with Crippen LogP contribution >= 0.6 is 0 Å². The third-order valence-corrected chi connectivity index (χ3v) is 5.08. The lowest BCUT2D eigenvalue weighted by Crippen LogP contribution is -2.27. The van der Waals surface area contributed by atoms with Crippen molar-refractivity contribution in [2.24, 2.45) is 11.8 Å². The highest BCUT2D eigenvalue weighted by atomic mass is 16.4. The van der Waals surface area contributed by atoms with E-state index in [2.05, 4.69) is 6.92 Å². The number of carbonyl (C=O) groups excluding carboxylic acids is 1. The Morgan fingerprint density at radius 1 is 1.04 bits per heavy atom. The first-order chi connectivity index (χ1) is 12.0. The number of carboxylic acids is 1. The largest absolute Gasteiger partial charge is 0.481 e. The number of carboxylic acid groups (broad SMARTS) is 1. The first-order valence-electron chi connectivity index (χ1n) is 9.77. The van der Waals surface area contributed by atoms with E-state index in [1.165, 1.54) is 19.3 Å². The number of aliphatic carboxylic acids is 1. The fourth-order valence-electron chi connectivity index (χ4n) is 3.54. The van der Waals surface area contributed by atoms with Gasteiger partial charge in [0.1, 0.15) is 6.10 Å². The molecule has 25 heavy (non-hydrogen) atoms. The minimum Gasteiger partial charge on any atom is -0.481 e. The van der Waals surface area contributed by atoms with Crippen LogP contribution in [0.2, 0.25) is 0 Å². The summed E-state index contributed by atoms with van der Waals surface area (Å²) in [7, 11) is 0. The van der Waals surface area contributed by atoms with Crippen molar-refractivity contribution in [1.29, 1.82) is 0 Å². The van der Waals surface area contributed by atoms with Crippen LogP contribution in [0, 0.1) is 11.8 Å². The summed E-state index contributed by atoms with van der Waals surface area (Å²) >= 11 is 0. The standard InChI is InChI=1S/C20H34O5/c1-2-3-4-5-6-9-12-15-16(19(24)20(25)18(15)23)13-10-7-8-11-14-17(21)22/h9,12,15-16,18,20,23,25H,2-8,10-11,13-14H2,1H3,(H,21,22)/t15-,16-,18+,20+/m1/s1. The lowest BCUT2D eigenvalue weighted by atomic mass is 9.88. The number of aliphatic hydroxyl groups is 2. The maximum Gasteiger partial charge on any atom is 0.303 e. The summed E-state index contributed by atoms with van der Waals surface area (Å²) in [6, 6.07) is 0. The van der Waals surface area contributed by atoms with E-state index >= 15 is 0 Å². The molecule has 4 atom stereocenters. The molecule has 0 spiro atoms. The molecule has 144 valence electrons. The number of unbranched alkanes of at least 4 members (excludes halogenated alkanes) is 7.